The lowest BCUT2D eigenvalue weighted by atomic mass is 10.1. The number of hydrogen-bond donors (Lipinski definition) is 1. The molecule has 0 spiro atoms. The third-order valence-electron chi connectivity index (χ3n) is 5.69. The number of alkyl halides is 6. The zero-order valence-corrected chi connectivity index (χ0v) is 20.2. The summed E-state index contributed by atoms with van der Waals surface area (Å²) in [5, 5.41) is 2.54. The van der Waals surface area contributed by atoms with Crippen molar-refractivity contribution in [3.63, 3.8) is 0 Å². The molecule has 0 saturated carbocycles. The van der Waals surface area contributed by atoms with E-state index in [1.807, 2.05) is 0 Å². The van der Waals surface area contributed by atoms with Crippen molar-refractivity contribution in [1.82, 2.24) is 14.1 Å². The summed E-state index contributed by atoms with van der Waals surface area (Å²) in [5.74, 6) is 0.0968. The lowest BCUT2D eigenvalue weighted by Gasteiger charge is -2.17. The van der Waals surface area contributed by atoms with Gasteiger partial charge in [0.15, 0.2) is 0 Å². The summed E-state index contributed by atoms with van der Waals surface area (Å²) in [4.78, 5) is 30.1. The summed E-state index contributed by atoms with van der Waals surface area (Å²) < 4.78 is 86.1. The van der Waals surface area contributed by atoms with Crippen molar-refractivity contribution >= 4 is 11.6 Å². The Kier molecular flexibility index (Phi) is 7.52. The van der Waals surface area contributed by atoms with E-state index in [-0.39, 0.29) is 17.8 Å². The van der Waals surface area contributed by atoms with E-state index < -0.39 is 47.4 Å². The standard InChI is InChI=1S/C26H20F6N4O3/c1-39-21-10-8-16(9-11-21)14-36-23(37)34-22(33-20-7-3-6-19(13-20)26(30,31)32)35(24(36)38)15-17-4-2-5-18(12-17)25(27,28)29/h2-13H,14-15H2,1H3,(H,33,34,37). The first-order valence-corrected chi connectivity index (χ1v) is 11.3. The third kappa shape index (κ3) is 6.48. The molecule has 4 rings (SSSR count). The van der Waals surface area contributed by atoms with Crippen molar-refractivity contribution < 1.29 is 31.1 Å². The Balaban J connectivity index is 1.80. The van der Waals surface area contributed by atoms with Crippen LogP contribution in [0.5, 0.6) is 5.75 Å². The molecule has 39 heavy (non-hydrogen) atoms. The van der Waals surface area contributed by atoms with E-state index in [4.69, 9.17) is 4.74 Å². The molecule has 204 valence electrons. The number of anilines is 2. The Hall–Kier alpha value is -4.55. The number of ether oxygens (including phenoxy) is 1. The van der Waals surface area contributed by atoms with Crippen LogP contribution in [0.1, 0.15) is 22.3 Å². The van der Waals surface area contributed by atoms with Gasteiger partial charge in [0.1, 0.15) is 5.75 Å². The van der Waals surface area contributed by atoms with E-state index in [0.29, 0.717) is 11.3 Å². The largest absolute Gasteiger partial charge is 0.497 e. The molecule has 1 aromatic heterocycles. The summed E-state index contributed by atoms with van der Waals surface area (Å²) in [6.07, 6.45) is -9.31. The van der Waals surface area contributed by atoms with Gasteiger partial charge in [0.25, 0.3) is 0 Å². The SMILES string of the molecule is COc1ccc(Cn2c(=O)nc(Nc3cccc(C(F)(F)F)c3)n(Cc3cccc(C(F)(F)F)c3)c2=O)cc1. The van der Waals surface area contributed by atoms with E-state index in [1.165, 1.54) is 19.2 Å². The summed E-state index contributed by atoms with van der Waals surface area (Å²) in [6.45, 7) is -0.680. The van der Waals surface area contributed by atoms with E-state index in [9.17, 15) is 35.9 Å². The fourth-order valence-electron chi connectivity index (χ4n) is 3.75. The van der Waals surface area contributed by atoms with Crippen LogP contribution in [0.25, 0.3) is 0 Å². The Labute approximate surface area is 216 Å². The van der Waals surface area contributed by atoms with E-state index in [0.717, 1.165) is 45.5 Å². The van der Waals surface area contributed by atoms with Crippen molar-refractivity contribution in [2.75, 3.05) is 12.4 Å². The van der Waals surface area contributed by atoms with Crippen molar-refractivity contribution in [1.29, 1.82) is 0 Å². The van der Waals surface area contributed by atoms with Gasteiger partial charge in [-0.25, -0.2) is 14.2 Å². The fraction of sp³-hybridized carbons (Fsp3) is 0.192. The first-order chi connectivity index (χ1) is 18.3. The Morgan fingerprint density at radius 3 is 1.97 bits per heavy atom. The molecule has 0 saturated heterocycles. The van der Waals surface area contributed by atoms with Crippen molar-refractivity contribution in [2.24, 2.45) is 0 Å². The summed E-state index contributed by atoms with van der Waals surface area (Å²) >= 11 is 0. The molecule has 0 atom stereocenters. The highest BCUT2D eigenvalue weighted by Gasteiger charge is 2.31. The number of aromatic nitrogens is 3. The third-order valence-corrected chi connectivity index (χ3v) is 5.69. The first kappa shape index (κ1) is 27.5. The van der Waals surface area contributed by atoms with Crippen LogP contribution >= 0.6 is 0 Å². The predicted molar refractivity (Wildman–Crippen MR) is 130 cm³/mol. The van der Waals surface area contributed by atoms with Crippen LogP contribution in [0.3, 0.4) is 0 Å². The number of halogens is 6. The molecular weight excluding hydrogens is 530 g/mol. The van der Waals surface area contributed by atoms with Crippen LogP contribution in [0.15, 0.2) is 82.4 Å². The highest BCUT2D eigenvalue weighted by Crippen LogP contribution is 2.32. The van der Waals surface area contributed by atoms with E-state index in [1.54, 1.807) is 24.3 Å². The van der Waals surface area contributed by atoms with Gasteiger partial charge in [-0.3, -0.25) is 4.57 Å². The predicted octanol–water partition coefficient (Wildman–Crippen LogP) is 5.29. The second kappa shape index (κ2) is 10.7. The number of rotatable bonds is 7. The van der Waals surface area contributed by atoms with E-state index in [2.05, 4.69) is 10.3 Å². The van der Waals surface area contributed by atoms with Gasteiger partial charge in [0.2, 0.25) is 5.95 Å². The van der Waals surface area contributed by atoms with Gasteiger partial charge in [-0.15, -0.1) is 0 Å². The first-order valence-electron chi connectivity index (χ1n) is 11.3. The number of methoxy groups -OCH3 is 1. The van der Waals surface area contributed by atoms with E-state index >= 15 is 0 Å². The zero-order chi connectivity index (χ0) is 28.4. The van der Waals surface area contributed by atoms with Crippen LogP contribution in [0, 0.1) is 0 Å². The highest BCUT2D eigenvalue weighted by atomic mass is 19.4. The number of benzene rings is 3. The fourth-order valence-corrected chi connectivity index (χ4v) is 3.75. The lowest BCUT2D eigenvalue weighted by Crippen LogP contribution is -2.43. The average molecular weight is 550 g/mol. The lowest BCUT2D eigenvalue weighted by molar-refractivity contribution is -0.138. The van der Waals surface area contributed by atoms with Crippen LogP contribution < -0.4 is 21.4 Å². The Morgan fingerprint density at radius 2 is 1.36 bits per heavy atom. The molecule has 0 aliphatic rings. The van der Waals surface area contributed by atoms with Gasteiger partial charge in [-0.1, -0.05) is 30.3 Å². The smallest absolute Gasteiger partial charge is 0.416 e. The van der Waals surface area contributed by atoms with Gasteiger partial charge < -0.3 is 10.1 Å². The van der Waals surface area contributed by atoms with Gasteiger partial charge in [0.05, 0.1) is 31.3 Å². The molecule has 0 unspecified atom stereocenters. The molecule has 1 heterocycles. The van der Waals surface area contributed by atoms with Crippen molar-refractivity contribution in [3.8, 4) is 5.75 Å². The van der Waals surface area contributed by atoms with Crippen LogP contribution in [0.2, 0.25) is 0 Å². The normalized spacial score (nSPS) is 11.9. The molecule has 0 bridgehead atoms. The Bertz CT molecular complexity index is 1590. The summed E-state index contributed by atoms with van der Waals surface area (Å²) in [6, 6.07) is 14.6. The molecule has 0 aliphatic heterocycles. The minimum absolute atomic E-state index is 0.0514. The quantitative estimate of drug-likeness (QED) is 0.317. The maximum atomic E-state index is 13.5. The Morgan fingerprint density at radius 1 is 0.769 bits per heavy atom. The topological polar surface area (TPSA) is 78.2 Å². The average Bonchev–Trinajstić information content (AvgIpc) is 2.88. The molecular formula is C26H20F6N4O3. The molecule has 0 aliphatic carbocycles. The monoisotopic (exact) mass is 550 g/mol. The van der Waals surface area contributed by atoms with Gasteiger partial charge in [0, 0.05) is 5.69 Å². The molecule has 0 amide bonds. The molecule has 0 fully saturated rings. The maximum Gasteiger partial charge on any atom is 0.416 e. The second-order valence-electron chi connectivity index (χ2n) is 8.42. The molecule has 1 N–H and O–H groups in total. The summed E-state index contributed by atoms with van der Waals surface area (Å²) in [5.41, 5.74) is -3.45. The highest BCUT2D eigenvalue weighted by molar-refractivity contribution is 5.55. The van der Waals surface area contributed by atoms with Crippen molar-refractivity contribution in [2.45, 2.75) is 25.4 Å². The van der Waals surface area contributed by atoms with Gasteiger partial charge in [-0.2, -0.15) is 31.3 Å². The minimum Gasteiger partial charge on any atom is -0.497 e. The minimum atomic E-state index is -4.66. The van der Waals surface area contributed by atoms with Crippen LogP contribution in [0.4, 0.5) is 38.0 Å². The summed E-state index contributed by atoms with van der Waals surface area (Å²) in [7, 11) is 1.46. The molecule has 3 aromatic carbocycles. The number of nitrogens with one attached hydrogen (secondary N) is 1. The van der Waals surface area contributed by atoms with Crippen LogP contribution in [-0.2, 0) is 25.4 Å². The van der Waals surface area contributed by atoms with Crippen LogP contribution in [-0.4, -0.2) is 21.2 Å². The van der Waals surface area contributed by atoms with Crippen molar-refractivity contribution in [3.05, 3.63) is 116 Å². The number of nitrogens with zero attached hydrogens (tertiary/aromatic N) is 3. The molecule has 4 aromatic rings. The zero-order valence-electron chi connectivity index (χ0n) is 20.2. The number of hydrogen-bond acceptors (Lipinski definition) is 5. The van der Waals surface area contributed by atoms with Gasteiger partial charge >= 0.3 is 23.7 Å². The maximum absolute atomic E-state index is 13.5. The molecule has 13 heteroatoms. The molecule has 0 radical (unpaired) electrons. The van der Waals surface area contributed by atoms with Gasteiger partial charge in [-0.05, 0) is 53.6 Å². The molecule has 7 nitrogen and oxygen atoms in total. The second-order valence-corrected chi connectivity index (χ2v) is 8.42.